The fourth-order valence-electron chi connectivity index (χ4n) is 1.69. The zero-order chi connectivity index (χ0) is 10.3. The van der Waals surface area contributed by atoms with E-state index in [0.29, 0.717) is 5.92 Å². The third kappa shape index (κ3) is 2.23. The Balaban J connectivity index is 2.51. The van der Waals surface area contributed by atoms with Crippen LogP contribution in [0.1, 0.15) is 47.5 Å². The van der Waals surface area contributed by atoms with Crippen molar-refractivity contribution in [2.75, 3.05) is 0 Å². The molecule has 0 spiro atoms. The molecule has 0 bridgehead atoms. The summed E-state index contributed by atoms with van der Waals surface area (Å²) < 4.78 is 5.36. The van der Waals surface area contributed by atoms with Crippen molar-refractivity contribution in [3.8, 4) is 0 Å². The zero-order valence-corrected chi connectivity index (χ0v) is 9.31. The van der Waals surface area contributed by atoms with Crippen LogP contribution in [0.25, 0.3) is 0 Å². The Morgan fingerprint density at radius 2 is 2.08 bits per heavy atom. The SMILES string of the molecule is CCC1C[C@]1(C)C(=O)OC(C)(C)C. The monoisotopic (exact) mass is 184 g/mol. The highest BCUT2D eigenvalue weighted by Gasteiger charge is 2.56. The van der Waals surface area contributed by atoms with E-state index in [4.69, 9.17) is 4.74 Å². The maximum atomic E-state index is 11.7. The second-order valence-corrected chi connectivity index (χ2v) is 5.23. The van der Waals surface area contributed by atoms with Crippen LogP contribution in [-0.4, -0.2) is 11.6 Å². The molecular formula is C11H20O2. The van der Waals surface area contributed by atoms with Crippen LogP contribution in [0.5, 0.6) is 0 Å². The minimum atomic E-state index is -0.346. The number of rotatable bonds is 2. The van der Waals surface area contributed by atoms with E-state index in [2.05, 4.69) is 6.92 Å². The Hall–Kier alpha value is -0.530. The molecular weight excluding hydrogens is 164 g/mol. The second kappa shape index (κ2) is 3.00. The first-order chi connectivity index (χ1) is 5.79. The highest BCUT2D eigenvalue weighted by Crippen LogP contribution is 2.55. The van der Waals surface area contributed by atoms with Gasteiger partial charge in [0, 0.05) is 0 Å². The van der Waals surface area contributed by atoms with Gasteiger partial charge in [-0.05, 0) is 40.0 Å². The third-order valence-electron chi connectivity index (χ3n) is 2.77. The molecule has 0 aliphatic heterocycles. The van der Waals surface area contributed by atoms with Gasteiger partial charge in [0.15, 0.2) is 0 Å². The molecule has 2 heteroatoms. The van der Waals surface area contributed by atoms with Crippen LogP contribution in [0.4, 0.5) is 0 Å². The molecule has 2 nitrogen and oxygen atoms in total. The van der Waals surface area contributed by atoms with Crippen molar-refractivity contribution < 1.29 is 9.53 Å². The van der Waals surface area contributed by atoms with Crippen LogP contribution < -0.4 is 0 Å². The van der Waals surface area contributed by atoms with E-state index in [1.165, 1.54) is 0 Å². The van der Waals surface area contributed by atoms with Crippen molar-refractivity contribution in [2.24, 2.45) is 11.3 Å². The van der Waals surface area contributed by atoms with E-state index in [0.717, 1.165) is 12.8 Å². The molecule has 0 N–H and O–H groups in total. The first-order valence-corrected chi connectivity index (χ1v) is 5.03. The highest BCUT2D eigenvalue weighted by molar-refractivity contribution is 5.80. The number of hydrogen-bond acceptors (Lipinski definition) is 2. The maximum absolute atomic E-state index is 11.7. The van der Waals surface area contributed by atoms with E-state index < -0.39 is 0 Å². The topological polar surface area (TPSA) is 26.3 Å². The Kier molecular flexibility index (Phi) is 2.44. The van der Waals surface area contributed by atoms with E-state index in [1.807, 2.05) is 27.7 Å². The van der Waals surface area contributed by atoms with Crippen molar-refractivity contribution in [3.63, 3.8) is 0 Å². The van der Waals surface area contributed by atoms with Gasteiger partial charge in [-0.15, -0.1) is 0 Å². The van der Waals surface area contributed by atoms with Crippen LogP contribution in [0, 0.1) is 11.3 Å². The molecule has 0 aromatic rings. The van der Waals surface area contributed by atoms with Crippen LogP contribution in [0.15, 0.2) is 0 Å². The largest absolute Gasteiger partial charge is 0.460 e. The fraction of sp³-hybridized carbons (Fsp3) is 0.909. The smallest absolute Gasteiger partial charge is 0.312 e. The molecule has 76 valence electrons. The lowest BCUT2D eigenvalue weighted by atomic mass is 10.1. The predicted octanol–water partition coefficient (Wildman–Crippen LogP) is 2.76. The quantitative estimate of drug-likeness (QED) is 0.617. The van der Waals surface area contributed by atoms with E-state index in [9.17, 15) is 4.79 Å². The third-order valence-corrected chi connectivity index (χ3v) is 2.77. The highest BCUT2D eigenvalue weighted by atomic mass is 16.6. The summed E-state index contributed by atoms with van der Waals surface area (Å²) in [5.41, 5.74) is -0.525. The summed E-state index contributed by atoms with van der Waals surface area (Å²) in [6, 6.07) is 0. The Morgan fingerprint density at radius 1 is 1.54 bits per heavy atom. The molecule has 0 amide bonds. The van der Waals surface area contributed by atoms with Crippen LogP contribution >= 0.6 is 0 Å². The molecule has 0 saturated heterocycles. The number of carbonyl (C=O) groups is 1. The lowest BCUT2D eigenvalue weighted by Crippen LogP contribution is -2.29. The zero-order valence-electron chi connectivity index (χ0n) is 9.31. The number of esters is 1. The standard InChI is InChI=1S/C11H20O2/c1-6-8-7-11(8,5)9(12)13-10(2,3)4/h8H,6-7H2,1-5H3/t8?,11-/m0/s1. The molecule has 0 aromatic carbocycles. The van der Waals surface area contributed by atoms with Gasteiger partial charge >= 0.3 is 5.97 Å². The lowest BCUT2D eigenvalue weighted by Gasteiger charge is -2.22. The van der Waals surface area contributed by atoms with Gasteiger partial charge in [0.2, 0.25) is 0 Å². The van der Waals surface area contributed by atoms with Crippen LogP contribution in [-0.2, 0) is 9.53 Å². The van der Waals surface area contributed by atoms with Gasteiger partial charge in [0.25, 0.3) is 0 Å². The summed E-state index contributed by atoms with van der Waals surface area (Å²) in [5, 5.41) is 0. The fourth-order valence-corrected chi connectivity index (χ4v) is 1.69. The number of hydrogen-bond donors (Lipinski definition) is 0. The summed E-state index contributed by atoms with van der Waals surface area (Å²) in [5.74, 6) is 0.522. The second-order valence-electron chi connectivity index (χ2n) is 5.23. The van der Waals surface area contributed by atoms with Crippen molar-refractivity contribution in [3.05, 3.63) is 0 Å². The molecule has 1 unspecified atom stereocenters. The molecule has 13 heavy (non-hydrogen) atoms. The summed E-state index contributed by atoms with van der Waals surface area (Å²) in [6.45, 7) is 9.88. The Labute approximate surface area is 80.7 Å². The minimum Gasteiger partial charge on any atom is -0.460 e. The van der Waals surface area contributed by atoms with E-state index in [-0.39, 0.29) is 17.0 Å². The molecule has 0 heterocycles. The number of ether oxygens (including phenoxy) is 1. The van der Waals surface area contributed by atoms with Gasteiger partial charge in [-0.1, -0.05) is 13.3 Å². The van der Waals surface area contributed by atoms with Crippen molar-refractivity contribution >= 4 is 5.97 Å². The average Bonchev–Trinajstić information content (AvgIpc) is 2.60. The summed E-state index contributed by atoms with van der Waals surface area (Å²) in [6.07, 6.45) is 2.08. The first kappa shape index (κ1) is 10.6. The predicted molar refractivity (Wildman–Crippen MR) is 52.4 cm³/mol. The van der Waals surface area contributed by atoms with Crippen molar-refractivity contribution in [2.45, 2.75) is 53.1 Å². The van der Waals surface area contributed by atoms with Crippen molar-refractivity contribution in [1.82, 2.24) is 0 Å². The summed E-state index contributed by atoms with van der Waals surface area (Å²) in [7, 11) is 0. The molecule has 0 radical (unpaired) electrons. The lowest BCUT2D eigenvalue weighted by molar-refractivity contribution is -0.161. The minimum absolute atomic E-state index is 0.0214. The molecule has 1 fully saturated rings. The summed E-state index contributed by atoms with van der Waals surface area (Å²) >= 11 is 0. The molecule has 1 aliphatic rings. The summed E-state index contributed by atoms with van der Waals surface area (Å²) in [4.78, 5) is 11.7. The van der Waals surface area contributed by atoms with Crippen molar-refractivity contribution in [1.29, 1.82) is 0 Å². The molecule has 2 atom stereocenters. The average molecular weight is 184 g/mol. The normalized spacial score (nSPS) is 32.8. The van der Waals surface area contributed by atoms with Crippen LogP contribution in [0.3, 0.4) is 0 Å². The van der Waals surface area contributed by atoms with Gasteiger partial charge in [-0.2, -0.15) is 0 Å². The van der Waals surface area contributed by atoms with Crippen LogP contribution in [0.2, 0.25) is 0 Å². The van der Waals surface area contributed by atoms with Gasteiger partial charge in [-0.25, -0.2) is 0 Å². The molecule has 1 aliphatic carbocycles. The number of carbonyl (C=O) groups excluding carboxylic acids is 1. The van der Waals surface area contributed by atoms with Gasteiger partial charge in [0.1, 0.15) is 5.60 Å². The maximum Gasteiger partial charge on any atom is 0.312 e. The Morgan fingerprint density at radius 3 is 2.38 bits per heavy atom. The van der Waals surface area contributed by atoms with E-state index in [1.54, 1.807) is 0 Å². The molecule has 1 saturated carbocycles. The molecule has 1 rings (SSSR count). The van der Waals surface area contributed by atoms with E-state index >= 15 is 0 Å². The van der Waals surface area contributed by atoms with Gasteiger partial charge in [0.05, 0.1) is 5.41 Å². The first-order valence-electron chi connectivity index (χ1n) is 5.03. The van der Waals surface area contributed by atoms with Gasteiger partial charge < -0.3 is 4.74 Å². The molecule has 0 aromatic heterocycles. The Bertz CT molecular complexity index is 215. The van der Waals surface area contributed by atoms with Gasteiger partial charge in [-0.3, -0.25) is 4.79 Å².